The highest BCUT2D eigenvalue weighted by molar-refractivity contribution is 5.34. The van der Waals surface area contributed by atoms with Crippen LogP contribution in [0.1, 0.15) is 17.4 Å². The normalized spacial score (nSPS) is 13.8. The van der Waals surface area contributed by atoms with Gasteiger partial charge < -0.3 is 19.9 Å². The third-order valence-corrected chi connectivity index (χ3v) is 3.14. The van der Waals surface area contributed by atoms with Crippen molar-refractivity contribution < 1.29 is 19.6 Å². The van der Waals surface area contributed by atoms with E-state index in [1.807, 2.05) is 0 Å². The van der Waals surface area contributed by atoms with Crippen LogP contribution >= 0.6 is 0 Å². The molecule has 0 aliphatic carbocycles. The minimum Gasteiger partial charge on any atom is -0.468 e. The average molecular weight is 292 g/mol. The van der Waals surface area contributed by atoms with Crippen molar-refractivity contribution in [3.8, 4) is 0 Å². The van der Waals surface area contributed by atoms with E-state index in [2.05, 4.69) is 5.32 Å². The molecule has 1 aromatic heterocycles. The molecule has 7 nitrogen and oxygen atoms in total. The fraction of sp³-hybridized carbons (Fsp3) is 0.286. The lowest BCUT2D eigenvalue weighted by atomic mass is 10.0. The molecule has 7 heteroatoms. The Kier molecular flexibility index (Phi) is 5.04. The molecule has 112 valence electrons. The molecule has 2 aromatic rings. The SMILES string of the molecule is O=[N+]([O-])c1ccc(C(O)C(CO)NCc2ccco2)cc1. The summed E-state index contributed by atoms with van der Waals surface area (Å²) in [4.78, 5) is 10.1. The van der Waals surface area contributed by atoms with Gasteiger partial charge in [0.1, 0.15) is 5.76 Å². The van der Waals surface area contributed by atoms with E-state index in [9.17, 15) is 20.3 Å². The van der Waals surface area contributed by atoms with Crippen molar-refractivity contribution in [1.82, 2.24) is 5.32 Å². The highest BCUT2D eigenvalue weighted by atomic mass is 16.6. The molecule has 21 heavy (non-hydrogen) atoms. The van der Waals surface area contributed by atoms with Crippen LogP contribution in [-0.2, 0) is 6.54 Å². The highest BCUT2D eigenvalue weighted by Gasteiger charge is 2.20. The minimum atomic E-state index is -0.981. The Bertz CT molecular complexity index is 568. The summed E-state index contributed by atoms with van der Waals surface area (Å²) in [5.74, 6) is 0.685. The number of nitrogens with zero attached hydrogens (tertiary/aromatic N) is 1. The predicted octanol–water partition coefficient (Wildman–Crippen LogP) is 1.37. The van der Waals surface area contributed by atoms with Crippen LogP contribution in [0.4, 0.5) is 5.69 Å². The van der Waals surface area contributed by atoms with E-state index in [1.54, 1.807) is 12.1 Å². The molecule has 0 amide bonds. The van der Waals surface area contributed by atoms with Crippen molar-refractivity contribution in [2.45, 2.75) is 18.7 Å². The van der Waals surface area contributed by atoms with Crippen LogP contribution in [0.3, 0.4) is 0 Å². The van der Waals surface area contributed by atoms with Gasteiger partial charge in [-0.25, -0.2) is 0 Å². The molecule has 2 atom stereocenters. The van der Waals surface area contributed by atoms with E-state index in [0.717, 1.165) is 0 Å². The number of aliphatic hydroxyl groups is 2. The Hall–Kier alpha value is -2.22. The fourth-order valence-corrected chi connectivity index (χ4v) is 1.95. The molecule has 2 rings (SSSR count). The van der Waals surface area contributed by atoms with Crippen LogP contribution < -0.4 is 5.32 Å². The zero-order valence-electron chi connectivity index (χ0n) is 11.2. The van der Waals surface area contributed by atoms with Gasteiger partial charge in [-0.1, -0.05) is 0 Å². The minimum absolute atomic E-state index is 0.0463. The standard InChI is InChI=1S/C14H16N2O5/c17-9-13(15-8-12-2-1-7-21-12)14(18)10-3-5-11(6-4-10)16(19)20/h1-7,13-15,17-18H,8-9H2. The first-order chi connectivity index (χ1) is 10.1. The van der Waals surface area contributed by atoms with Crippen LogP contribution in [0.15, 0.2) is 47.1 Å². The number of rotatable bonds is 7. The van der Waals surface area contributed by atoms with Crippen LogP contribution in [-0.4, -0.2) is 27.8 Å². The first-order valence-corrected chi connectivity index (χ1v) is 6.41. The lowest BCUT2D eigenvalue weighted by Gasteiger charge is -2.22. The van der Waals surface area contributed by atoms with E-state index >= 15 is 0 Å². The highest BCUT2D eigenvalue weighted by Crippen LogP contribution is 2.20. The molecule has 0 fully saturated rings. The van der Waals surface area contributed by atoms with E-state index in [0.29, 0.717) is 17.9 Å². The Balaban J connectivity index is 2.01. The van der Waals surface area contributed by atoms with Crippen molar-refractivity contribution in [3.05, 3.63) is 64.1 Å². The molecule has 0 saturated carbocycles. The number of aliphatic hydroxyl groups excluding tert-OH is 2. The topological polar surface area (TPSA) is 109 Å². The van der Waals surface area contributed by atoms with Gasteiger partial charge in [-0.15, -0.1) is 0 Å². The molecular weight excluding hydrogens is 276 g/mol. The molecular formula is C14H16N2O5. The van der Waals surface area contributed by atoms with Crippen molar-refractivity contribution in [2.24, 2.45) is 0 Å². The lowest BCUT2D eigenvalue weighted by molar-refractivity contribution is -0.384. The van der Waals surface area contributed by atoms with Gasteiger partial charge >= 0.3 is 0 Å². The molecule has 0 radical (unpaired) electrons. The summed E-state index contributed by atoms with van der Waals surface area (Å²) in [6.45, 7) is 0.0845. The van der Waals surface area contributed by atoms with Crippen LogP contribution in [0.2, 0.25) is 0 Å². The summed E-state index contributed by atoms with van der Waals surface area (Å²) in [7, 11) is 0. The van der Waals surface area contributed by atoms with Gasteiger partial charge in [0.05, 0.1) is 36.5 Å². The molecule has 1 heterocycles. The van der Waals surface area contributed by atoms with E-state index < -0.39 is 17.1 Å². The van der Waals surface area contributed by atoms with Gasteiger partial charge in [-0.3, -0.25) is 10.1 Å². The van der Waals surface area contributed by atoms with Crippen molar-refractivity contribution >= 4 is 5.69 Å². The molecule has 2 unspecified atom stereocenters. The van der Waals surface area contributed by atoms with E-state index in [4.69, 9.17) is 4.42 Å². The summed E-state index contributed by atoms with van der Waals surface area (Å²) in [5, 5.41) is 33.1. The molecule has 0 aliphatic heterocycles. The summed E-state index contributed by atoms with van der Waals surface area (Å²) < 4.78 is 5.16. The van der Waals surface area contributed by atoms with Crippen molar-refractivity contribution in [3.63, 3.8) is 0 Å². The maximum atomic E-state index is 10.6. The molecule has 0 saturated heterocycles. The van der Waals surface area contributed by atoms with Crippen molar-refractivity contribution in [2.75, 3.05) is 6.61 Å². The largest absolute Gasteiger partial charge is 0.468 e. The average Bonchev–Trinajstić information content (AvgIpc) is 3.01. The molecule has 0 bridgehead atoms. The van der Waals surface area contributed by atoms with Gasteiger partial charge in [0.15, 0.2) is 0 Å². The summed E-state index contributed by atoms with van der Waals surface area (Å²) in [6, 6.07) is 8.51. The third-order valence-electron chi connectivity index (χ3n) is 3.14. The quantitative estimate of drug-likeness (QED) is 0.525. The number of hydrogen-bond acceptors (Lipinski definition) is 6. The van der Waals surface area contributed by atoms with Gasteiger partial charge in [0.2, 0.25) is 0 Å². The smallest absolute Gasteiger partial charge is 0.269 e. The number of furan rings is 1. The fourth-order valence-electron chi connectivity index (χ4n) is 1.95. The molecule has 0 aliphatic rings. The maximum absolute atomic E-state index is 10.6. The zero-order valence-corrected chi connectivity index (χ0v) is 11.2. The molecule has 3 N–H and O–H groups in total. The number of nitro benzene ring substituents is 1. The Labute approximate surface area is 121 Å². The van der Waals surface area contributed by atoms with Gasteiger partial charge in [0, 0.05) is 12.1 Å². The zero-order chi connectivity index (χ0) is 15.2. The number of benzene rings is 1. The molecule has 0 spiro atoms. The number of non-ortho nitro benzene ring substituents is 1. The monoisotopic (exact) mass is 292 g/mol. The Morgan fingerprint density at radius 1 is 1.29 bits per heavy atom. The summed E-state index contributed by atoms with van der Waals surface area (Å²) in [5.41, 5.74) is 0.446. The Morgan fingerprint density at radius 2 is 2.00 bits per heavy atom. The second kappa shape index (κ2) is 6.98. The number of hydrogen-bond donors (Lipinski definition) is 3. The van der Waals surface area contributed by atoms with Crippen LogP contribution in [0, 0.1) is 10.1 Å². The van der Waals surface area contributed by atoms with Crippen LogP contribution in [0.5, 0.6) is 0 Å². The van der Waals surface area contributed by atoms with Crippen molar-refractivity contribution in [1.29, 1.82) is 0 Å². The predicted molar refractivity (Wildman–Crippen MR) is 74.5 cm³/mol. The number of nitro groups is 1. The number of nitrogens with one attached hydrogen (secondary N) is 1. The summed E-state index contributed by atoms with van der Waals surface area (Å²) >= 11 is 0. The third kappa shape index (κ3) is 3.88. The van der Waals surface area contributed by atoms with E-state index in [1.165, 1.54) is 30.5 Å². The lowest BCUT2D eigenvalue weighted by Crippen LogP contribution is -2.37. The van der Waals surface area contributed by atoms with Gasteiger partial charge in [-0.05, 0) is 29.8 Å². The second-order valence-corrected chi connectivity index (χ2v) is 4.54. The first-order valence-electron chi connectivity index (χ1n) is 6.41. The van der Waals surface area contributed by atoms with Gasteiger partial charge in [0.25, 0.3) is 5.69 Å². The first kappa shape index (κ1) is 15.2. The van der Waals surface area contributed by atoms with Gasteiger partial charge in [-0.2, -0.15) is 0 Å². The van der Waals surface area contributed by atoms with E-state index in [-0.39, 0.29) is 12.3 Å². The Morgan fingerprint density at radius 3 is 2.52 bits per heavy atom. The maximum Gasteiger partial charge on any atom is 0.269 e. The molecule has 1 aromatic carbocycles. The van der Waals surface area contributed by atoms with Crippen LogP contribution in [0.25, 0.3) is 0 Å². The summed E-state index contributed by atoms with van der Waals surface area (Å²) in [6.07, 6.45) is 0.559. The second-order valence-electron chi connectivity index (χ2n) is 4.54.